The number of carbonyl (C=O) groups is 1. The number of aliphatic hydroxyl groups is 2. The van der Waals surface area contributed by atoms with Gasteiger partial charge in [0.25, 0.3) is 5.91 Å². The number of hydrogen-bond donors (Lipinski definition) is 5. The minimum absolute atomic E-state index is 0.176. The third kappa shape index (κ3) is 2.51. The van der Waals surface area contributed by atoms with Crippen LogP contribution in [-0.2, 0) is 0 Å². The van der Waals surface area contributed by atoms with Crippen LogP contribution in [0.1, 0.15) is 17.4 Å². The highest BCUT2D eigenvalue weighted by Crippen LogP contribution is 2.19. The highest BCUT2D eigenvalue weighted by molar-refractivity contribution is 6.05. The van der Waals surface area contributed by atoms with Crippen molar-refractivity contribution in [3.63, 3.8) is 0 Å². The van der Waals surface area contributed by atoms with E-state index >= 15 is 0 Å². The number of aromatic nitrogens is 2. The number of nitrogen functional groups attached to an aromatic ring is 1. The Morgan fingerprint density at radius 2 is 2.16 bits per heavy atom. The first-order valence-corrected chi connectivity index (χ1v) is 5.77. The molecule has 102 valence electrons. The molecule has 6 N–H and O–H groups in total. The largest absolute Gasteiger partial charge is 0.399 e. The Balaban J connectivity index is 2.34. The number of aliphatic hydroxyl groups excluding tert-OH is 2. The van der Waals surface area contributed by atoms with Crippen LogP contribution < -0.4 is 11.1 Å². The van der Waals surface area contributed by atoms with Gasteiger partial charge in [-0.2, -0.15) is 5.10 Å². The Labute approximate surface area is 109 Å². The predicted molar refractivity (Wildman–Crippen MR) is 70.5 cm³/mol. The molecular formula is C12H16N4O3. The summed E-state index contributed by atoms with van der Waals surface area (Å²) in [6, 6.07) is 5.07. The third-order valence-corrected chi connectivity index (χ3v) is 2.92. The molecule has 7 heteroatoms. The highest BCUT2D eigenvalue weighted by Gasteiger charge is 2.27. The Hall–Kier alpha value is -2.12. The summed E-state index contributed by atoms with van der Waals surface area (Å²) < 4.78 is 0. The van der Waals surface area contributed by atoms with Crippen molar-refractivity contribution in [2.75, 3.05) is 18.9 Å². The summed E-state index contributed by atoms with van der Waals surface area (Å²) in [6.45, 7) is 0.785. The Kier molecular flexibility index (Phi) is 3.41. The topological polar surface area (TPSA) is 124 Å². The van der Waals surface area contributed by atoms with Crippen molar-refractivity contribution >= 4 is 22.5 Å². The van der Waals surface area contributed by atoms with Crippen LogP contribution in [0.5, 0.6) is 0 Å². The monoisotopic (exact) mass is 264 g/mol. The van der Waals surface area contributed by atoms with Gasteiger partial charge < -0.3 is 21.3 Å². The second-order valence-electron chi connectivity index (χ2n) is 4.71. The van der Waals surface area contributed by atoms with Crippen molar-refractivity contribution in [1.82, 2.24) is 15.5 Å². The van der Waals surface area contributed by atoms with E-state index in [1.165, 1.54) is 6.92 Å². The molecule has 0 unspecified atom stereocenters. The van der Waals surface area contributed by atoms with Gasteiger partial charge in [0.1, 0.15) is 0 Å². The number of fused-ring (bicyclic) bond motifs is 1. The molecule has 7 nitrogen and oxygen atoms in total. The molecule has 0 atom stereocenters. The Bertz CT molecular complexity index is 604. The molecule has 0 spiro atoms. The molecule has 1 aromatic carbocycles. The number of hydrogen-bond acceptors (Lipinski definition) is 5. The number of carbonyl (C=O) groups excluding carboxylic acids is 1. The summed E-state index contributed by atoms with van der Waals surface area (Å²) in [5.74, 6) is -0.484. The SMILES string of the molecule is CC(CO)(CO)NC(=O)c1n[nH]c2ccc(N)cc12. The number of rotatable bonds is 4. The lowest BCUT2D eigenvalue weighted by atomic mass is 10.0. The standard InChI is InChI=1S/C12H16N4O3/c1-12(5-17,6-18)14-11(19)10-8-4-7(13)2-3-9(8)15-16-10/h2-4,17-18H,5-6,13H2,1H3,(H,14,19)(H,15,16). The first-order chi connectivity index (χ1) is 8.99. The molecule has 1 amide bonds. The second kappa shape index (κ2) is 4.87. The van der Waals surface area contributed by atoms with Gasteiger partial charge in [0, 0.05) is 11.1 Å². The van der Waals surface area contributed by atoms with Gasteiger partial charge >= 0.3 is 0 Å². The number of benzene rings is 1. The minimum Gasteiger partial charge on any atom is -0.399 e. The second-order valence-corrected chi connectivity index (χ2v) is 4.71. The number of aromatic amines is 1. The van der Waals surface area contributed by atoms with E-state index < -0.39 is 11.4 Å². The number of nitrogens with one attached hydrogen (secondary N) is 2. The first-order valence-electron chi connectivity index (χ1n) is 5.77. The van der Waals surface area contributed by atoms with Gasteiger partial charge in [0.05, 0.1) is 24.3 Å². The van der Waals surface area contributed by atoms with E-state index in [9.17, 15) is 4.79 Å². The van der Waals surface area contributed by atoms with E-state index in [-0.39, 0.29) is 18.9 Å². The fraction of sp³-hybridized carbons (Fsp3) is 0.333. The van der Waals surface area contributed by atoms with Crippen LogP contribution in [0, 0.1) is 0 Å². The summed E-state index contributed by atoms with van der Waals surface area (Å²) in [4.78, 5) is 12.1. The van der Waals surface area contributed by atoms with E-state index in [0.29, 0.717) is 16.6 Å². The molecule has 0 bridgehead atoms. The maximum absolute atomic E-state index is 12.1. The number of nitrogens with two attached hydrogens (primary N) is 1. The zero-order valence-electron chi connectivity index (χ0n) is 10.5. The van der Waals surface area contributed by atoms with E-state index in [0.717, 1.165) is 0 Å². The zero-order chi connectivity index (χ0) is 14.0. The average molecular weight is 264 g/mol. The fourth-order valence-electron chi connectivity index (χ4n) is 1.67. The maximum atomic E-state index is 12.1. The predicted octanol–water partition coefficient (Wildman–Crippen LogP) is -0.382. The van der Waals surface area contributed by atoms with E-state index in [1.807, 2.05) is 0 Å². The molecular weight excluding hydrogens is 248 g/mol. The summed E-state index contributed by atoms with van der Waals surface area (Å²) >= 11 is 0. The van der Waals surface area contributed by atoms with Gasteiger partial charge in [-0.25, -0.2) is 0 Å². The molecule has 2 aromatic rings. The third-order valence-electron chi connectivity index (χ3n) is 2.92. The lowest BCUT2D eigenvalue weighted by molar-refractivity contribution is 0.0721. The lowest BCUT2D eigenvalue weighted by Gasteiger charge is -2.25. The van der Waals surface area contributed by atoms with Gasteiger partial charge in [0.2, 0.25) is 0 Å². The van der Waals surface area contributed by atoms with Crippen LogP contribution >= 0.6 is 0 Å². The van der Waals surface area contributed by atoms with Gasteiger partial charge in [-0.1, -0.05) is 0 Å². The summed E-state index contributed by atoms with van der Waals surface area (Å²) in [6.07, 6.45) is 0. The molecule has 1 heterocycles. The normalized spacial score (nSPS) is 11.7. The summed E-state index contributed by atoms with van der Waals surface area (Å²) in [7, 11) is 0. The van der Waals surface area contributed by atoms with Crippen LogP contribution in [-0.4, -0.2) is 45.1 Å². The quantitative estimate of drug-likeness (QED) is 0.481. The van der Waals surface area contributed by atoms with Gasteiger partial charge in [-0.3, -0.25) is 9.89 Å². The Morgan fingerprint density at radius 3 is 2.79 bits per heavy atom. The van der Waals surface area contributed by atoms with E-state index in [4.69, 9.17) is 15.9 Å². The van der Waals surface area contributed by atoms with Crippen molar-refractivity contribution in [2.24, 2.45) is 0 Å². The van der Waals surface area contributed by atoms with Crippen molar-refractivity contribution in [2.45, 2.75) is 12.5 Å². The number of anilines is 1. The van der Waals surface area contributed by atoms with E-state index in [2.05, 4.69) is 15.5 Å². The average Bonchev–Trinajstić information content (AvgIpc) is 2.81. The lowest BCUT2D eigenvalue weighted by Crippen LogP contribution is -2.51. The van der Waals surface area contributed by atoms with Gasteiger partial charge in [0.15, 0.2) is 5.69 Å². The van der Waals surface area contributed by atoms with E-state index in [1.54, 1.807) is 18.2 Å². The molecule has 0 saturated heterocycles. The Morgan fingerprint density at radius 1 is 1.47 bits per heavy atom. The smallest absolute Gasteiger partial charge is 0.273 e. The summed E-state index contributed by atoms with van der Waals surface area (Å²) in [5.41, 5.74) is 5.97. The first kappa shape index (κ1) is 13.3. The van der Waals surface area contributed by atoms with Crippen LogP contribution in [0.25, 0.3) is 10.9 Å². The molecule has 0 fully saturated rings. The summed E-state index contributed by atoms with van der Waals surface area (Å²) in [5, 5.41) is 28.1. The van der Waals surface area contributed by atoms with Crippen molar-refractivity contribution in [3.8, 4) is 0 Å². The van der Waals surface area contributed by atoms with Crippen LogP contribution in [0.4, 0.5) is 5.69 Å². The number of amides is 1. The van der Waals surface area contributed by atoms with Gasteiger partial charge in [-0.15, -0.1) is 0 Å². The van der Waals surface area contributed by atoms with Crippen LogP contribution in [0.2, 0.25) is 0 Å². The van der Waals surface area contributed by atoms with Crippen molar-refractivity contribution in [3.05, 3.63) is 23.9 Å². The molecule has 19 heavy (non-hydrogen) atoms. The van der Waals surface area contributed by atoms with Crippen LogP contribution in [0.3, 0.4) is 0 Å². The highest BCUT2D eigenvalue weighted by atomic mass is 16.3. The molecule has 2 rings (SSSR count). The fourth-order valence-corrected chi connectivity index (χ4v) is 1.67. The maximum Gasteiger partial charge on any atom is 0.273 e. The van der Waals surface area contributed by atoms with Crippen LogP contribution in [0.15, 0.2) is 18.2 Å². The molecule has 1 aromatic heterocycles. The number of nitrogens with zero attached hydrogens (tertiary/aromatic N) is 1. The zero-order valence-corrected chi connectivity index (χ0v) is 10.5. The van der Waals surface area contributed by atoms with Gasteiger partial charge in [-0.05, 0) is 25.1 Å². The van der Waals surface area contributed by atoms with Crippen molar-refractivity contribution < 1.29 is 15.0 Å². The molecule has 0 saturated carbocycles. The molecule has 0 aliphatic carbocycles. The number of H-pyrrole nitrogens is 1. The molecule has 0 radical (unpaired) electrons. The molecule has 0 aliphatic heterocycles. The molecule has 0 aliphatic rings. The van der Waals surface area contributed by atoms with Crippen molar-refractivity contribution in [1.29, 1.82) is 0 Å². The minimum atomic E-state index is -1.09.